The highest BCUT2D eigenvalue weighted by Crippen LogP contribution is 2.59. The highest BCUT2D eigenvalue weighted by Gasteiger charge is 2.68. The van der Waals surface area contributed by atoms with Crippen LogP contribution in [0, 0.1) is 11.8 Å². The average Bonchev–Trinajstić information content (AvgIpc) is 3.59. The monoisotopic (exact) mass is 834 g/mol. The van der Waals surface area contributed by atoms with Gasteiger partial charge in [-0.05, 0) is 65.6 Å². The number of hydrogen-bond acceptors (Lipinski definition) is 9. The second kappa shape index (κ2) is 14.3. The van der Waals surface area contributed by atoms with Gasteiger partial charge in [0, 0.05) is 17.1 Å². The van der Waals surface area contributed by atoms with E-state index in [0.29, 0.717) is 44.7 Å². The van der Waals surface area contributed by atoms with E-state index in [1.54, 1.807) is 72.8 Å². The number of methoxy groups -OCH3 is 2. The van der Waals surface area contributed by atoms with Crippen molar-refractivity contribution in [2.75, 3.05) is 19.6 Å². The van der Waals surface area contributed by atoms with E-state index >= 15 is 4.79 Å². The van der Waals surface area contributed by atoms with Crippen LogP contribution in [0.4, 0.5) is 19.0 Å². The van der Waals surface area contributed by atoms with Crippen LogP contribution in [-0.4, -0.2) is 55.1 Å². The summed E-state index contributed by atoms with van der Waals surface area (Å²) < 4.78 is 54.9. The van der Waals surface area contributed by atoms with Crippen molar-refractivity contribution in [1.82, 2.24) is 23.9 Å². The lowest BCUT2D eigenvalue weighted by atomic mass is 9.54. The van der Waals surface area contributed by atoms with Crippen molar-refractivity contribution in [2.45, 2.75) is 30.6 Å². The Morgan fingerprint density at radius 1 is 0.948 bits per heavy atom. The zero-order valence-electron chi connectivity index (χ0n) is 30.4. The van der Waals surface area contributed by atoms with Crippen LogP contribution < -0.4 is 26.3 Å². The highest BCUT2D eigenvalue weighted by atomic mass is 35.5. The van der Waals surface area contributed by atoms with Crippen LogP contribution in [0.5, 0.6) is 17.2 Å². The predicted molar refractivity (Wildman–Crippen MR) is 206 cm³/mol. The fourth-order valence-electron chi connectivity index (χ4n) is 8.30. The smallest absolute Gasteiger partial charge is 0.417 e. The number of fused-ring (bicyclic) bond motifs is 4. The number of aromatic nitrogens is 4. The Kier molecular flexibility index (Phi) is 9.51. The van der Waals surface area contributed by atoms with Gasteiger partial charge < -0.3 is 14.6 Å². The van der Waals surface area contributed by atoms with Crippen LogP contribution in [0.1, 0.15) is 29.2 Å². The van der Waals surface area contributed by atoms with Crippen molar-refractivity contribution >= 4 is 46.9 Å². The summed E-state index contributed by atoms with van der Waals surface area (Å²) in [5, 5.41) is 11.1. The van der Waals surface area contributed by atoms with Crippen LogP contribution in [0.25, 0.3) is 11.8 Å². The number of pyridine rings is 1. The number of aromatic hydroxyl groups is 1. The third-order valence-electron chi connectivity index (χ3n) is 10.9. The standard InChI is InChI=1S/C40H31Cl2F3N6O7/c1-57-31-16-21(17-32(58-2)33(31)52)8-13-27-26-14-15-48-37(55)49(25-6-4-3-5-7-25)38(56)51(48)30(26)19-28-35(53)50(36(54)39(27,28)22-9-11-24(41)12-10-22)47-34-29(42)18-23(20-46-34)40(43,44)45/h3-14,16-18,20,27-28,30,52H,15,19H2,1-2H3,(H,46,47)/t27-,28-,30+,39-/m0/s1. The number of ether oxygens (including phenoxy) is 2. The Morgan fingerprint density at radius 2 is 1.62 bits per heavy atom. The molecule has 0 unspecified atom stereocenters. The molecule has 2 aliphatic heterocycles. The molecule has 2 amide bonds. The number of halogens is 5. The number of carbonyl (C=O) groups is 2. The van der Waals surface area contributed by atoms with Crippen LogP contribution in [0.3, 0.4) is 0 Å². The number of hydrazine groups is 1. The first-order chi connectivity index (χ1) is 27.7. The molecule has 5 aromatic rings. The van der Waals surface area contributed by atoms with Crippen molar-refractivity contribution < 1.29 is 37.3 Å². The van der Waals surface area contributed by atoms with Gasteiger partial charge in [0.15, 0.2) is 17.3 Å². The van der Waals surface area contributed by atoms with Gasteiger partial charge in [0.2, 0.25) is 5.75 Å². The van der Waals surface area contributed by atoms with E-state index in [9.17, 15) is 32.7 Å². The molecule has 13 nitrogen and oxygen atoms in total. The Morgan fingerprint density at radius 3 is 2.24 bits per heavy atom. The third kappa shape index (κ3) is 5.97. The zero-order valence-corrected chi connectivity index (χ0v) is 31.9. The lowest BCUT2D eigenvalue weighted by Gasteiger charge is -2.47. The molecule has 8 rings (SSSR count). The van der Waals surface area contributed by atoms with Gasteiger partial charge in [-0.15, -0.1) is 0 Å². The molecule has 1 aliphatic carbocycles. The van der Waals surface area contributed by atoms with Crippen LogP contribution in [0.2, 0.25) is 10.0 Å². The molecule has 58 heavy (non-hydrogen) atoms. The molecule has 4 atom stereocenters. The van der Waals surface area contributed by atoms with E-state index in [2.05, 4.69) is 10.4 Å². The van der Waals surface area contributed by atoms with Gasteiger partial charge >= 0.3 is 17.6 Å². The molecule has 298 valence electrons. The molecule has 3 aromatic carbocycles. The molecule has 18 heteroatoms. The molecule has 0 bridgehead atoms. The number of amides is 2. The number of rotatable bonds is 8. The maximum atomic E-state index is 15.3. The Balaban J connectivity index is 1.34. The topological polar surface area (TPSA) is 150 Å². The summed E-state index contributed by atoms with van der Waals surface area (Å²) in [7, 11) is 2.73. The second-order valence-electron chi connectivity index (χ2n) is 13.8. The van der Waals surface area contributed by atoms with Crippen molar-refractivity contribution in [2.24, 2.45) is 11.8 Å². The number of phenols is 1. The molecule has 4 heterocycles. The van der Waals surface area contributed by atoms with Gasteiger partial charge in [0.25, 0.3) is 11.8 Å². The van der Waals surface area contributed by atoms with Crippen LogP contribution >= 0.6 is 23.2 Å². The first kappa shape index (κ1) is 38.6. The number of benzene rings is 3. The van der Waals surface area contributed by atoms with Crippen molar-refractivity contribution in [3.63, 3.8) is 0 Å². The fourth-order valence-corrected chi connectivity index (χ4v) is 8.64. The number of anilines is 1. The first-order valence-electron chi connectivity index (χ1n) is 17.7. The molecular formula is C40H31Cl2F3N6O7. The predicted octanol–water partition coefficient (Wildman–Crippen LogP) is 6.41. The largest absolute Gasteiger partial charge is 0.502 e. The molecule has 2 N–H and O–H groups in total. The summed E-state index contributed by atoms with van der Waals surface area (Å²) >= 11 is 12.6. The summed E-state index contributed by atoms with van der Waals surface area (Å²) in [5.41, 5.74) is 0.0747. The van der Waals surface area contributed by atoms with E-state index in [-0.39, 0.29) is 30.2 Å². The Labute approximate surface area is 336 Å². The zero-order chi connectivity index (χ0) is 41.3. The number of nitrogens with one attached hydrogen (secondary N) is 1. The van der Waals surface area contributed by atoms with Crippen molar-refractivity contribution in [3.8, 4) is 22.9 Å². The van der Waals surface area contributed by atoms with Crippen LogP contribution in [0.15, 0.2) is 106 Å². The number of hydrogen-bond donors (Lipinski definition) is 2. The van der Waals surface area contributed by atoms with E-state index < -0.39 is 69.1 Å². The molecule has 0 spiro atoms. The van der Waals surface area contributed by atoms with E-state index in [0.717, 1.165) is 4.57 Å². The number of carbonyl (C=O) groups excluding carboxylic acids is 2. The number of allylic oxidation sites excluding steroid dienone is 3. The molecular weight excluding hydrogens is 804 g/mol. The quantitative estimate of drug-likeness (QED) is 0.134. The van der Waals surface area contributed by atoms with Gasteiger partial charge in [-0.25, -0.2) is 28.5 Å². The number of nitrogens with zero attached hydrogens (tertiary/aromatic N) is 5. The molecule has 3 aliphatic rings. The summed E-state index contributed by atoms with van der Waals surface area (Å²) in [6.45, 7) is -0.0680. The summed E-state index contributed by atoms with van der Waals surface area (Å²) in [6.07, 6.45) is 0.689. The van der Waals surface area contributed by atoms with Gasteiger partial charge in [-0.1, -0.05) is 71.8 Å². The van der Waals surface area contributed by atoms with E-state index in [1.165, 1.54) is 35.7 Å². The molecule has 1 saturated heterocycles. The number of imide groups is 1. The first-order valence-corrected chi connectivity index (χ1v) is 18.4. The molecule has 2 aromatic heterocycles. The van der Waals surface area contributed by atoms with Crippen molar-refractivity contribution in [3.05, 3.63) is 144 Å². The van der Waals surface area contributed by atoms with Gasteiger partial charge in [-0.2, -0.15) is 18.2 Å². The molecule has 0 radical (unpaired) electrons. The average molecular weight is 836 g/mol. The molecule has 2 fully saturated rings. The SMILES string of the molecule is COc1cc(C=C[C@H]2C3=CCn4c(=O)n(-c5ccccc5)c(=O)n4[C@@H]3C[C@H]3C(=O)N(Nc4ncc(C(F)(F)F)cc4Cl)C(=O)[C@@]23c2ccc(Cl)cc2)cc(OC)c1O. The third-order valence-corrected chi connectivity index (χ3v) is 11.4. The van der Waals surface area contributed by atoms with Gasteiger partial charge in [0.1, 0.15) is 0 Å². The maximum absolute atomic E-state index is 15.3. The summed E-state index contributed by atoms with van der Waals surface area (Å²) in [6, 6.07) is 17.4. The van der Waals surface area contributed by atoms with Crippen LogP contribution in [-0.2, 0) is 27.7 Å². The normalized spacial score (nSPS) is 21.4. The second-order valence-corrected chi connectivity index (χ2v) is 14.6. The van der Waals surface area contributed by atoms with Gasteiger partial charge in [-0.3, -0.25) is 15.0 Å². The maximum Gasteiger partial charge on any atom is 0.417 e. The fraction of sp³-hybridized carbons (Fsp3) is 0.225. The minimum Gasteiger partial charge on any atom is -0.502 e. The highest BCUT2D eigenvalue weighted by molar-refractivity contribution is 6.33. The Bertz CT molecular complexity index is 2650. The number of phenolic OH excluding ortho intramolecular Hbond substituents is 1. The van der Waals surface area contributed by atoms with E-state index in [4.69, 9.17) is 32.7 Å². The minimum absolute atomic E-state index is 0.0680. The number of alkyl halides is 3. The number of para-hydroxylation sites is 1. The van der Waals surface area contributed by atoms with E-state index in [1.807, 2.05) is 0 Å². The van der Waals surface area contributed by atoms with Crippen molar-refractivity contribution in [1.29, 1.82) is 0 Å². The minimum atomic E-state index is -4.77. The summed E-state index contributed by atoms with van der Waals surface area (Å²) in [5.74, 6) is -4.34. The van der Waals surface area contributed by atoms with Gasteiger partial charge in [0.05, 0.1) is 54.4 Å². The lowest BCUT2D eigenvalue weighted by molar-refractivity contribution is -0.139. The Hall–Kier alpha value is -6.26. The summed E-state index contributed by atoms with van der Waals surface area (Å²) in [4.78, 5) is 62.1. The lowest BCUT2D eigenvalue weighted by Crippen LogP contribution is -2.54. The molecule has 1 saturated carbocycles.